The van der Waals surface area contributed by atoms with Crippen LogP contribution in [0.2, 0.25) is 0 Å². The summed E-state index contributed by atoms with van der Waals surface area (Å²) < 4.78 is 0. The number of piperidine rings is 1. The van der Waals surface area contributed by atoms with Gasteiger partial charge in [0.05, 0.1) is 6.04 Å². The molecule has 1 aliphatic rings. The molecule has 1 atom stereocenters. The van der Waals surface area contributed by atoms with Crippen molar-refractivity contribution in [1.82, 2.24) is 10.6 Å². The third kappa shape index (κ3) is 5.86. The van der Waals surface area contributed by atoms with Gasteiger partial charge >= 0.3 is 0 Å². The molecule has 2 aromatic carbocycles. The smallest absolute Gasteiger partial charge is 0.220 e. The largest absolute Gasteiger partial charge is 0.350 e. The van der Waals surface area contributed by atoms with Crippen LogP contribution in [0.5, 0.6) is 0 Å². The van der Waals surface area contributed by atoms with Gasteiger partial charge in [-0.05, 0) is 61.9 Å². The molecule has 1 fully saturated rings. The van der Waals surface area contributed by atoms with E-state index in [0.717, 1.165) is 25.1 Å². The SMILES string of the molecule is CC(NC(=O)CCC1CCNCC1)c1ccc(-c2ccccc2)cc1.Cl. The van der Waals surface area contributed by atoms with Crippen molar-refractivity contribution >= 4 is 18.3 Å². The fourth-order valence-electron chi connectivity index (χ4n) is 3.50. The highest BCUT2D eigenvalue weighted by atomic mass is 35.5. The second-order valence-corrected chi connectivity index (χ2v) is 7.01. The maximum atomic E-state index is 12.2. The Morgan fingerprint density at radius 2 is 1.65 bits per heavy atom. The molecule has 1 heterocycles. The third-order valence-corrected chi connectivity index (χ3v) is 5.13. The van der Waals surface area contributed by atoms with E-state index in [2.05, 4.69) is 66.1 Å². The number of benzene rings is 2. The molecule has 1 amide bonds. The van der Waals surface area contributed by atoms with Crippen molar-refractivity contribution in [1.29, 1.82) is 0 Å². The highest BCUT2D eigenvalue weighted by Crippen LogP contribution is 2.22. The van der Waals surface area contributed by atoms with Crippen LogP contribution in [-0.2, 0) is 4.79 Å². The number of rotatable bonds is 6. The summed E-state index contributed by atoms with van der Waals surface area (Å²) in [6.07, 6.45) is 4.04. The Labute approximate surface area is 163 Å². The van der Waals surface area contributed by atoms with Crippen molar-refractivity contribution in [3.05, 3.63) is 60.2 Å². The number of amides is 1. The van der Waals surface area contributed by atoms with Gasteiger partial charge in [0.15, 0.2) is 0 Å². The summed E-state index contributed by atoms with van der Waals surface area (Å²) in [5.74, 6) is 0.866. The number of hydrogen-bond acceptors (Lipinski definition) is 2. The topological polar surface area (TPSA) is 41.1 Å². The normalized spacial score (nSPS) is 15.7. The van der Waals surface area contributed by atoms with E-state index in [9.17, 15) is 4.79 Å². The van der Waals surface area contributed by atoms with E-state index in [1.165, 1.54) is 24.0 Å². The van der Waals surface area contributed by atoms with Crippen LogP contribution in [0.15, 0.2) is 54.6 Å². The molecule has 26 heavy (non-hydrogen) atoms. The standard InChI is InChI=1S/C22H28N2O.ClH/c1-17(24-22(25)12-7-18-13-15-23-16-14-18)19-8-10-21(11-9-19)20-5-3-2-4-6-20;/h2-6,8-11,17-18,23H,7,12-16H2,1H3,(H,24,25);1H. The molecular formula is C22H29ClN2O. The first kappa shape index (κ1) is 20.5. The van der Waals surface area contributed by atoms with Gasteiger partial charge in [0, 0.05) is 6.42 Å². The predicted octanol–water partition coefficient (Wildman–Crippen LogP) is 4.73. The molecule has 0 spiro atoms. The molecule has 0 bridgehead atoms. The van der Waals surface area contributed by atoms with E-state index in [-0.39, 0.29) is 24.4 Å². The molecule has 0 radical (unpaired) electrons. The number of nitrogens with one attached hydrogen (secondary N) is 2. The lowest BCUT2D eigenvalue weighted by atomic mass is 9.93. The Morgan fingerprint density at radius 1 is 1.04 bits per heavy atom. The van der Waals surface area contributed by atoms with Crippen LogP contribution in [0.25, 0.3) is 11.1 Å². The molecular weight excluding hydrogens is 344 g/mol. The number of hydrogen-bond donors (Lipinski definition) is 2. The molecule has 4 heteroatoms. The number of carbonyl (C=O) groups excluding carboxylic acids is 1. The number of halogens is 1. The van der Waals surface area contributed by atoms with Crippen molar-refractivity contribution < 1.29 is 4.79 Å². The van der Waals surface area contributed by atoms with Gasteiger partial charge in [0.2, 0.25) is 5.91 Å². The molecule has 2 aromatic rings. The Morgan fingerprint density at radius 3 is 2.31 bits per heavy atom. The molecule has 2 N–H and O–H groups in total. The molecule has 0 aromatic heterocycles. The molecule has 1 saturated heterocycles. The van der Waals surface area contributed by atoms with E-state index in [1.54, 1.807) is 0 Å². The van der Waals surface area contributed by atoms with Gasteiger partial charge in [-0.15, -0.1) is 12.4 Å². The molecule has 1 aliphatic heterocycles. The first-order valence-corrected chi connectivity index (χ1v) is 9.38. The van der Waals surface area contributed by atoms with Crippen LogP contribution in [0.1, 0.15) is 44.2 Å². The zero-order valence-electron chi connectivity index (χ0n) is 15.4. The Kier molecular flexibility index (Phi) is 8.14. The van der Waals surface area contributed by atoms with Crippen molar-refractivity contribution in [2.24, 2.45) is 5.92 Å². The van der Waals surface area contributed by atoms with Crippen LogP contribution >= 0.6 is 12.4 Å². The summed E-state index contributed by atoms with van der Waals surface area (Å²) in [5, 5.41) is 6.51. The maximum Gasteiger partial charge on any atom is 0.220 e. The first-order valence-electron chi connectivity index (χ1n) is 9.38. The summed E-state index contributed by atoms with van der Waals surface area (Å²) >= 11 is 0. The highest BCUT2D eigenvalue weighted by molar-refractivity contribution is 5.85. The van der Waals surface area contributed by atoms with Crippen LogP contribution in [0.3, 0.4) is 0 Å². The van der Waals surface area contributed by atoms with E-state index in [0.29, 0.717) is 12.3 Å². The lowest BCUT2D eigenvalue weighted by Crippen LogP contribution is -2.30. The molecule has 0 aliphatic carbocycles. The monoisotopic (exact) mass is 372 g/mol. The van der Waals surface area contributed by atoms with Crippen LogP contribution in [0, 0.1) is 5.92 Å². The fraction of sp³-hybridized carbons (Fsp3) is 0.409. The van der Waals surface area contributed by atoms with Crippen molar-refractivity contribution in [2.75, 3.05) is 13.1 Å². The molecule has 1 unspecified atom stereocenters. The average Bonchev–Trinajstić information content (AvgIpc) is 2.68. The van der Waals surface area contributed by atoms with Gasteiger partial charge in [-0.3, -0.25) is 4.79 Å². The zero-order valence-corrected chi connectivity index (χ0v) is 16.2. The number of carbonyl (C=O) groups is 1. The predicted molar refractivity (Wildman–Crippen MR) is 111 cm³/mol. The maximum absolute atomic E-state index is 12.2. The fourth-order valence-corrected chi connectivity index (χ4v) is 3.50. The van der Waals surface area contributed by atoms with Crippen LogP contribution < -0.4 is 10.6 Å². The summed E-state index contributed by atoms with van der Waals surface area (Å²) in [4.78, 5) is 12.2. The highest BCUT2D eigenvalue weighted by Gasteiger charge is 2.15. The molecule has 3 nitrogen and oxygen atoms in total. The van der Waals surface area contributed by atoms with Gasteiger partial charge < -0.3 is 10.6 Å². The van der Waals surface area contributed by atoms with Gasteiger partial charge in [0.25, 0.3) is 0 Å². The third-order valence-electron chi connectivity index (χ3n) is 5.13. The van der Waals surface area contributed by atoms with E-state index in [4.69, 9.17) is 0 Å². The van der Waals surface area contributed by atoms with Gasteiger partial charge in [-0.2, -0.15) is 0 Å². The van der Waals surface area contributed by atoms with Gasteiger partial charge in [-0.1, -0.05) is 54.6 Å². The molecule has 140 valence electrons. The van der Waals surface area contributed by atoms with Gasteiger partial charge in [0.1, 0.15) is 0 Å². The quantitative estimate of drug-likeness (QED) is 0.769. The second-order valence-electron chi connectivity index (χ2n) is 7.01. The molecule has 3 rings (SSSR count). The second kappa shape index (κ2) is 10.3. The average molecular weight is 373 g/mol. The minimum absolute atomic E-state index is 0. The first-order chi connectivity index (χ1) is 12.2. The van der Waals surface area contributed by atoms with Crippen LogP contribution in [-0.4, -0.2) is 19.0 Å². The zero-order chi connectivity index (χ0) is 17.5. The van der Waals surface area contributed by atoms with Crippen molar-refractivity contribution in [2.45, 2.75) is 38.6 Å². The summed E-state index contributed by atoms with van der Waals surface area (Å²) in [6.45, 7) is 4.24. The van der Waals surface area contributed by atoms with Gasteiger partial charge in [-0.25, -0.2) is 0 Å². The summed E-state index contributed by atoms with van der Waals surface area (Å²) in [5.41, 5.74) is 3.57. The van der Waals surface area contributed by atoms with E-state index < -0.39 is 0 Å². The lowest BCUT2D eigenvalue weighted by molar-refractivity contribution is -0.122. The van der Waals surface area contributed by atoms with E-state index >= 15 is 0 Å². The van der Waals surface area contributed by atoms with Crippen LogP contribution in [0.4, 0.5) is 0 Å². The minimum Gasteiger partial charge on any atom is -0.350 e. The lowest BCUT2D eigenvalue weighted by Gasteiger charge is -2.22. The van der Waals surface area contributed by atoms with Crippen molar-refractivity contribution in [3.8, 4) is 11.1 Å². The van der Waals surface area contributed by atoms with E-state index in [1.807, 2.05) is 6.07 Å². The molecule has 0 saturated carbocycles. The Hall–Kier alpha value is -1.84. The Balaban J connectivity index is 0.00000243. The Bertz CT molecular complexity index is 666. The summed E-state index contributed by atoms with van der Waals surface area (Å²) in [7, 11) is 0. The minimum atomic E-state index is 0. The van der Waals surface area contributed by atoms with Crippen molar-refractivity contribution in [3.63, 3.8) is 0 Å². The summed E-state index contributed by atoms with van der Waals surface area (Å²) in [6, 6.07) is 18.9.